The largest absolute Gasteiger partial charge is 0.395 e. The Balaban J connectivity index is 1.77. The molecule has 5 heteroatoms. The van der Waals surface area contributed by atoms with Crippen molar-refractivity contribution in [2.75, 3.05) is 44.2 Å². The van der Waals surface area contributed by atoms with Crippen molar-refractivity contribution in [2.45, 2.75) is 25.8 Å². The van der Waals surface area contributed by atoms with Gasteiger partial charge in [-0.2, -0.15) is 0 Å². The van der Waals surface area contributed by atoms with E-state index in [1.165, 1.54) is 23.2 Å². The van der Waals surface area contributed by atoms with Gasteiger partial charge in [-0.05, 0) is 30.9 Å². The number of anilines is 1. The number of rotatable bonds is 4. The number of β-amino-alcohol motifs (C(OH)–C–C–N with tert-alkyl or cyclic N) is 1. The number of pyridine rings is 1. The van der Waals surface area contributed by atoms with Gasteiger partial charge in [0.05, 0.1) is 6.61 Å². The van der Waals surface area contributed by atoms with Crippen LogP contribution in [-0.2, 0) is 19.4 Å². The zero-order chi connectivity index (χ0) is 13.9. The highest BCUT2D eigenvalue weighted by Gasteiger charge is 2.22. The third-order valence-electron chi connectivity index (χ3n) is 4.41. The lowest BCUT2D eigenvalue weighted by atomic mass is 10.1. The van der Waals surface area contributed by atoms with E-state index in [1.807, 2.05) is 0 Å². The summed E-state index contributed by atoms with van der Waals surface area (Å²) in [6.45, 7) is 5.50. The van der Waals surface area contributed by atoms with Gasteiger partial charge in [-0.15, -0.1) is 0 Å². The normalized spacial score (nSPS) is 19.4. The van der Waals surface area contributed by atoms with E-state index in [0.717, 1.165) is 51.4 Å². The second-order valence-corrected chi connectivity index (χ2v) is 5.69. The number of aliphatic hydroxyl groups is 1. The van der Waals surface area contributed by atoms with Crippen molar-refractivity contribution in [3.8, 4) is 0 Å². The van der Waals surface area contributed by atoms with Crippen LogP contribution in [0.4, 0.5) is 5.82 Å². The summed E-state index contributed by atoms with van der Waals surface area (Å²) >= 11 is 0. The smallest absolute Gasteiger partial charge is 0.133 e. The molecule has 1 fully saturated rings. The van der Waals surface area contributed by atoms with Crippen LogP contribution in [0.25, 0.3) is 0 Å². The van der Waals surface area contributed by atoms with Gasteiger partial charge >= 0.3 is 0 Å². The highest BCUT2D eigenvalue weighted by Crippen LogP contribution is 2.27. The summed E-state index contributed by atoms with van der Waals surface area (Å²) in [4.78, 5) is 9.55. The van der Waals surface area contributed by atoms with Crippen LogP contribution in [0.2, 0.25) is 0 Å². The number of fused-ring (bicyclic) bond motifs is 1. The molecule has 110 valence electrons. The Labute approximate surface area is 120 Å². The summed E-state index contributed by atoms with van der Waals surface area (Å²) in [5, 5.41) is 9.01. The summed E-state index contributed by atoms with van der Waals surface area (Å²) in [5.74, 6) is 1.09. The van der Waals surface area contributed by atoms with E-state index >= 15 is 0 Å². The number of aromatic nitrogens is 1. The SMILES string of the molecule is NCc1cc2c(nc1N1CCN(CCO)CC1)CCC2. The lowest BCUT2D eigenvalue weighted by Gasteiger charge is -2.36. The minimum absolute atomic E-state index is 0.241. The van der Waals surface area contributed by atoms with Gasteiger partial charge in [-0.1, -0.05) is 0 Å². The van der Waals surface area contributed by atoms with Crippen LogP contribution in [-0.4, -0.2) is 54.3 Å². The summed E-state index contributed by atoms with van der Waals surface area (Å²) in [7, 11) is 0. The molecule has 0 atom stereocenters. The first-order valence-electron chi connectivity index (χ1n) is 7.61. The molecule has 0 spiro atoms. The van der Waals surface area contributed by atoms with Gasteiger partial charge in [0.25, 0.3) is 0 Å². The fraction of sp³-hybridized carbons (Fsp3) is 0.667. The Morgan fingerprint density at radius 2 is 2.00 bits per heavy atom. The van der Waals surface area contributed by atoms with Crippen LogP contribution < -0.4 is 10.6 Å². The van der Waals surface area contributed by atoms with Crippen molar-refractivity contribution in [3.63, 3.8) is 0 Å². The molecule has 1 aliphatic heterocycles. The van der Waals surface area contributed by atoms with E-state index in [-0.39, 0.29) is 6.61 Å². The van der Waals surface area contributed by atoms with Crippen molar-refractivity contribution in [1.29, 1.82) is 0 Å². The molecular weight excluding hydrogens is 252 g/mol. The molecule has 3 rings (SSSR count). The molecule has 1 aromatic rings. The number of aryl methyl sites for hydroxylation is 2. The fourth-order valence-electron chi connectivity index (χ4n) is 3.26. The van der Waals surface area contributed by atoms with Gasteiger partial charge in [0.15, 0.2) is 0 Å². The fourth-order valence-corrected chi connectivity index (χ4v) is 3.26. The molecular formula is C15H24N4O. The molecule has 0 aromatic carbocycles. The van der Waals surface area contributed by atoms with E-state index in [2.05, 4.69) is 15.9 Å². The Bertz CT molecular complexity index is 469. The molecule has 1 saturated heterocycles. The molecule has 1 aliphatic carbocycles. The molecule has 0 radical (unpaired) electrons. The van der Waals surface area contributed by atoms with Gasteiger partial charge in [-0.3, -0.25) is 4.90 Å². The van der Waals surface area contributed by atoms with E-state index in [4.69, 9.17) is 15.8 Å². The molecule has 20 heavy (non-hydrogen) atoms. The van der Waals surface area contributed by atoms with Crippen molar-refractivity contribution in [2.24, 2.45) is 5.73 Å². The van der Waals surface area contributed by atoms with Gasteiger partial charge in [0.2, 0.25) is 0 Å². The maximum Gasteiger partial charge on any atom is 0.133 e. The summed E-state index contributed by atoms with van der Waals surface area (Å²) < 4.78 is 0. The number of hydrogen-bond acceptors (Lipinski definition) is 5. The molecule has 5 nitrogen and oxygen atoms in total. The molecule has 3 N–H and O–H groups in total. The Morgan fingerprint density at radius 1 is 1.20 bits per heavy atom. The molecule has 1 aromatic heterocycles. The molecule has 0 saturated carbocycles. The van der Waals surface area contributed by atoms with Gasteiger partial charge < -0.3 is 15.7 Å². The summed E-state index contributed by atoms with van der Waals surface area (Å²) in [6, 6.07) is 2.27. The first kappa shape index (κ1) is 13.8. The standard InChI is InChI=1S/C15H24N4O/c16-11-13-10-12-2-1-3-14(12)17-15(13)19-6-4-18(5-7-19)8-9-20/h10,20H,1-9,11,16H2. The second kappa shape index (κ2) is 6.08. The predicted octanol–water partition coefficient (Wildman–Crippen LogP) is 0.143. The van der Waals surface area contributed by atoms with Crippen LogP contribution in [0, 0.1) is 0 Å². The van der Waals surface area contributed by atoms with Crippen molar-refractivity contribution >= 4 is 5.82 Å². The maximum absolute atomic E-state index is 9.01. The lowest BCUT2D eigenvalue weighted by molar-refractivity contribution is 0.188. The zero-order valence-corrected chi connectivity index (χ0v) is 12.0. The second-order valence-electron chi connectivity index (χ2n) is 5.69. The highest BCUT2D eigenvalue weighted by molar-refractivity contribution is 5.51. The van der Waals surface area contributed by atoms with Crippen LogP contribution in [0.3, 0.4) is 0 Å². The molecule has 2 aliphatic rings. The quantitative estimate of drug-likeness (QED) is 0.819. The Kier molecular flexibility index (Phi) is 4.19. The molecule has 0 amide bonds. The monoisotopic (exact) mass is 276 g/mol. The average Bonchev–Trinajstić information content (AvgIpc) is 2.94. The number of aliphatic hydroxyl groups excluding tert-OH is 1. The number of nitrogens with zero attached hydrogens (tertiary/aromatic N) is 3. The van der Waals surface area contributed by atoms with E-state index < -0.39 is 0 Å². The molecule has 0 unspecified atom stereocenters. The molecule has 0 bridgehead atoms. The Hall–Kier alpha value is -1.17. The van der Waals surface area contributed by atoms with Crippen LogP contribution in [0.15, 0.2) is 6.07 Å². The van der Waals surface area contributed by atoms with E-state index in [9.17, 15) is 0 Å². The maximum atomic E-state index is 9.01. The Morgan fingerprint density at radius 3 is 2.70 bits per heavy atom. The van der Waals surface area contributed by atoms with E-state index in [0.29, 0.717) is 6.54 Å². The number of piperazine rings is 1. The minimum Gasteiger partial charge on any atom is -0.395 e. The van der Waals surface area contributed by atoms with Gasteiger partial charge in [0.1, 0.15) is 5.82 Å². The average molecular weight is 276 g/mol. The first-order chi connectivity index (χ1) is 9.81. The first-order valence-corrected chi connectivity index (χ1v) is 7.61. The van der Waals surface area contributed by atoms with Crippen LogP contribution >= 0.6 is 0 Å². The van der Waals surface area contributed by atoms with Crippen molar-refractivity contribution in [3.05, 3.63) is 22.9 Å². The van der Waals surface area contributed by atoms with Crippen molar-refractivity contribution in [1.82, 2.24) is 9.88 Å². The highest BCUT2D eigenvalue weighted by atomic mass is 16.3. The third-order valence-corrected chi connectivity index (χ3v) is 4.41. The molecule has 2 heterocycles. The van der Waals surface area contributed by atoms with Crippen molar-refractivity contribution < 1.29 is 5.11 Å². The predicted molar refractivity (Wildman–Crippen MR) is 79.9 cm³/mol. The van der Waals surface area contributed by atoms with Gasteiger partial charge in [-0.25, -0.2) is 4.98 Å². The number of nitrogens with two attached hydrogens (primary N) is 1. The topological polar surface area (TPSA) is 65.6 Å². The lowest BCUT2D eigenvalue weighted by Crippen LogP contribution is -2.47. The third kappa shape index (κ3) is 2.66. The zero-order valence-electron chi connectivity index (χ0n) is 12.0. The van der Waals surface area contributed by atoms with Crippen LogP contribution in [0.5, 0.6) is 0 Å². The van der Waals surface area contributed by atoms with E-state index in [1.54, 1.807) is 0 Å². The number of hydrogen-bond donors (Lipinski definition) is 2. The van der Waals surface area contributed by atoms with Crippen LogP contribution in [0.1, 0.15) is 23.2 Å². The minimum atomic E-state index is 0.241. The summed E-state index contributed by atoms with van der Waals surface area (Å²) in [5.41, 5.74) is 9.77. The summed E-state index contributed by atoms with van der Waals surface area (Å²) in [6.07, 6.45) is 3.48. The van der Waals surface area contributed by atoms with Gasteiger partial charge in [0, 0.05) is 50.5 Å².